The van der Waals surface area contributed by atoms with Crippen LogP contribution in [0.25, 0.3) is 0 Å². The molecule has 4 nitrogen and oxygen atoms in total. The molecule has 0 amide bonds. The summed E-state index contributed by atoms with van der Waals surface area (Å²) in [5.74, 6) is 1.69. The van der Waals surface area contributed by atoms with Crippen LogP contribution in [-0.4, -0.2) is 56.2 Å². The quantitative estimate of drug-likeness (QED) is 0.431. The lowest BCUT2D eigenvalue weighted by Gasteiger charge is -2.33. The zero-order valence-electron chi connectivity index (χ0n) is 20.2. The summed E-state index contributed by atoms with van der Waals surface area (Å²) in [7, 11) is 1.65. The first-order valence-electron chi connectivity index (χ1n) is 12.1. The van der Waals surface area contributed by atoms with Crippen molar-refractivity contribution < 1.29 is 9.47 Å². The topological polar surface area (TPSA) is 24.9 Å². The molecule has 3 aromatic rings. The highest BCUT2D eigenvalue weighted by atomic mass is 16.5. The van der Waals surface area contributed by atoms with Crippen LogP contribution in [0.4, 0.5) is 0 Å². The molecule has 0 saturated carbocycles. The van der Waals surface area contributed by atoms with E-state index in [1.807, 2.05) is 54.6 Å². The number of benzene rings is 3. The zero-order chi connectivity index (χ0) is 23.1. The smallest absolute Gasteiger partial charge is 0.120 e. The Hall–Kier alpha value is -2.82. The van der Waals surface area contributed by atoms with Crippen molar-refractivity contribution in [2.75, 3.05) is 46.4 Å². The van der Waals surface area contributed by atoms with Crippen molar-refractivity contribution in [2.24, 2.45) is 0 Å². The number of hydrogen-bond acceptors (Lipinski definition) is 4. The lowest BCUT2D eigenvalue weighted by Crippen LogP contribution is -2.46. The summed E-state index contributed by atoms with van der Waals surface area (Å²) in [6, 6.07) is 28.5. The fourth-order valence-electron chi connectivity index (χ4n) is 3.89. The number of hydrogen-bond donors (Lipinski definition) is 0. The van der Waals surface area contributed by atoms with Gasteiger partial charge >= 0.3 is 0 Å². The van der Waals surface area contributed by atoms with Crippen molar-refractivity contribution in [1.82, 2.24) is 9.80 Å². The third kappa shape index (κ3) is 9.29. The van der Waals surface area contributed by atoms with Crippen molar-refractivity contribution in [3.63, 3.8) is 0 Å². The maximum Gasteiger partial charge on any atom is 0.120 e. The summed E-state index contributed by atoms with van der Waals surface area (Å²) >= 11 is 0. The molecule has 0 radical (unpaired) electrons. The number of piperazine rings is 1. The Bertz CT molecular complexity index is 877. The molecule has 0 spiro atoms. The summed E-state index contributed by atoms with van der Waals surface area (Å²) in [6.07, 6.45) is 2.50. The van der Waals surface area contributed by atoms with Crippen molar-refractivity contribution >= 4 is 0 Å². The molecule has 0 aliphatic carbocycles. The molecule has 0 bridgehead atoms. The van der Waals surface area contributed by atoms with Gasteiger partial charge in [-0.2, -0.15) is 0 Å². The largest absolute Gasteiger partial charge is 0.497 e. The van der Waals surface area contributed by atoms with Gasteiger partial charge in [0.1, 0.15) is 18.1 Å². The van der Waals surface area contributed by atoms with Crippen LogP contribution < -0.4 is 9.47 Å². The van der Waals surface area contributed by atoms with Crippen LogP contribution in [-0.2, 0) is 13.0 Å². The highest BCUT2D eigenvalue weighted by molar-refractivity contribution is 5.31. The van der Waals surface area contributed by atoms with Crippen molar-refractivity contribution in [3.8, 4) is 11.5 Å². The zero-order valence-corrected chi connectivity index (χ0v) is 20.2. The van der Waals surface area contributed by atoms with Crippen LogP contribution in [0, 0.1) is 0 Å². The molecule has 1 aliphatic heterocycles. The van der Waals surface area contributed by atoms with Crippen LogP contribution in [0.5, 0.6) is 11.5 Å². The molecule has 33 heavy (non-hydrogen) atoms. The normalized spacial score (nSPS) is 14.2. The molecule has 1 saturated heterocycles. The summed E-state index contributed by atoms with van der Waals surface area (Å²) in [5, 5.41) is 0. The highest BCUT2D eigenvalue weighted by Crippen LogP contribution is 2.18. The van der Waals surface area contributed by atoms with E-state index in [0.717, 1.165) is 11.5 Å². The highest BCUT2D eigenvalue weighted by Gasteiger charge is 2.14. The molecule has 3 aromatic carbocycles. The van der Waals surface area contributed by atoms with Crippen LogP contribution >= 0.6 is 0 Å². The number of ether oxygens (including phenoxy) is 2. The fraction of sp³-hybridized carbons (Fsp3) is 0.379. The van der Waals surface area contributed by atoms with Gasteiger partial charge in [-0.15, -0.1) is 0 Å². The van der Waals surface area contributed by atoms with Gasteiger partial charge in [-0.3, -0.25) is 0 Å². The van der Waals surface area contributed by atoms with E-state index in [-0.39, 0.29) is 0 Å². The first kappa shape index (κ1) is 24.8. The van der Waals surface area contributed by atoms with E-state index in [0.29, 0.717) is 6.61 Å². The maximum absolute atomic E-state index is 5.64. The second-order valence-corrected chi connectivity index (χ2v) is 8.31. The van der Waals surface area contributed by atoms with E-state index >= 15 is 0 Å². The summed E-state index contributed by atoms with van der Waals surface area (Å²) < 4.78 is 10.7. The van der Waals surface area contributed by atoms with Gasteiger partial charge in [0, 0.05) is 26.2 Å². The third-order valence-electron chi connectivity index (χ3n) is 6.00. The van der Waals surface area contributed by atoms with E-state index in [2.05, 4.69) is 47.1 Å². The number of aryl methyl sites for hydroxylation is 1. The number of nitrogens with zero attached hydrogens (tertiary/aromatic N) is 2. The van der Waals surface area contributed by atoms with Crippen molar-refractivity contribution in [1.29, 1.82) is 0 Å². The second-order valence-electron chi connectivity index (χ2n) is 8.31. The monoisotopic (exact) mass is 446 g/mol. The van der Waals surface area contributed by atoms with Gasteiger partial charge < -0.3 is 19.3 Å². The molecule has 0 aromatic heterocycles. The molecule has 4 heteroatoms. The predicted octanol–water partition coefficient (Wildman–Crippen LogP) is 5.53. The van der Waals surface area contributed by atoms with Gasteiger partial charge in [-0.25, -0.2) is 0 Å². The van der Waals surface area contributed by atoms with Crippen LogP contribution in [0.15, 0.2) is 84.9 Å². The standard InChI is InChI=1S/C15H24N2.C14H14O2/c1-2-16-11-13-17(14-12-16)10-6-9-15-7-4-3-5-8-15;1-15-13-7-9-14(10-8-13)16-11-12-5-3-2-4-6-12/h3-5,7-8H,2,6,9-14H2,1H3;2-10H,11H2,1H3. The Morgan fingerprint density at radius 2 is 1.21 bits per heavy atom. The second kappa shape index (κ2) is 14.4. The molecule has 1 aliphatic rings. The van der Waals surface area contributed by atoms with Crippen molar-refractivity contribution in [2.45, 2.75) is 26.4 Å². The van der Waals surface area contributed by atoms with Crippen molar-refractivity contribution in [3.05, 3.63) is 96.1 Å². The van der Waals surface area contributed by atoms with Gasteiger partial charge in [0.15, 0.2) is 0 Å². The minimum absolute atomic E-state index is 0.590. The van der Waals surface area contributed by atoms with Crippen LogP contribution in [0.2, 0.25) is 0 Å². The SMILES string of the molecule is CCN1CCN(CCCc2ccccc2)CC1.COc1ccc(OCc2ccccc2)cc1. The Kier molecular flexibility index (Phi) is 10.8. The van der Waals surface area contributed by atoms with Gasteiger partial charge in [-0.1, -0.05) is 67.6 Å². The van der Waals surface area contributed by atoms with Gasteiger partial charge in [0.25, 0.3) is 0 Å². The predicted molar refractivity (Wildman–Crippen MR) is 137 cm³/mol. The summed E-state index contributed by atoms with van der Waals surface area (Å²) in [4.78, 5) is 5.14. The maximum atomic E-state index is 5.64. The summed E-state index contributed by atoms with van der Waals surface area (Å²) in [6.45, 7) is 10.3. The minimum Gasteiger partial charge on any atom is -0.497 e. The number of likely N-dealkylation sites (N-methyl/N-ethyl adjacent to an activating group) is 1. The van der Waals surface area contributed by atoms with Crippen LogP contribution in [0.3, 0.4) is 0 Å². The first-order valence-corrected chi connectivity index (χ1v) is 12.1. The molecule has 0 atom stereocenters. The van der Waals surface area contributed by atoms with Crippen LogP contribution in [0.1, 0.15) is 24.5 Å². The Morgan fingerprint density at radius 3 is 1.79 bits per heavy atom. The lowest BCUT2D eigenvalue weighted by molar-refractivity contribution is 0.136. The Morgan fingerprint density at radius 1 is 0.667 bits per heavy atom. The molecule has 1 heterocycles. The molecular weight excluding hydrogens is 408 g/mol. The molecule has 4 rings (SSSR count). The van der Waals surface area contributed by atoms with E-state index < -0.39 is 0 Å². The molecule has 0 unspecified atom stereocenters. The van der Waals surface area contributed by atoms with E-state index in [1.165, 1.54) is 63.2 Å². The summed E-state index contributed by atoms with van der Waals surface area (Å²) in [5.41, 5.74) is 2.64. The van der Waals surface area contributed by atoms with Gasteiger partial charge in [0.05, 0.1) is 7.11 Å². The lowest BCUT2D eigenvalue weighted by atomic mass is 10.1. The molecular formula is C29H38N2O2. The molecule has 0 N–H and O–H groups in total. The molecule has 176 valence electrons. The fourth-order valence-corrected chi connectivity index (χ4v) is 3.89. The average molecular weight is 447 g/mol. The van der Waals surface area contributed by atoms with Gasteiger partial charge in [0.2, 0.25) is 0 Å². The minimum atomic E-state index is 0.590. The van der Waals surface area contributed by atoms with E-state index in [1.54, 1.807) is 7.11 Å². The van der Waals surface area contributed by atoms with Gasteiger partial charge in [-0.05, 0) is 61.3 Å². The number of methoxy groups -OCH3 is 1. The first-order chi connectivity index (χ1) is 16.3. The van der Waals surface area contributed by atoms with E-state index in [9.17, 15) is 0 Å². The Balaban J connectivity index is 0.000000186. The Labute approximate surface area is 199 Å². The van der Waals surface area contributed by atoms with E-state index in [4.69, 9.17) is 9.47 Å². The third-order valence-corrected chi connectivity index (χ3v) is 6.00. The average Bonchev–Trinajstić information content (AvgIpc) is 2.90. The number of rotatable bonds is 9. The molecule has 1 fully saturated rings.